The largest absolute Gasteiger partial charge is 0.372 e. The molecule has 0 aliphatic carbocycles. The van der Waals surface area contributed by atoms with Gasteiger partial charge < -0.3 is 15.2 Å². The summed E-state index contributed by atoms with van der Waals surface area (Å²) in [6.45, 7) is 9.50. The Hall–Kier alpha value is -1.81. The second kappa shape index (κ2) is 7.84. The maximum Gasteiger partial charge on any atom is 0.123 e. The number of benzene rings is 1. The minimum Gasteiger partial charge on any atom is -0.372 e. The molecule has 1 heterocycles. The summed E-state index contributed by atoms with van der Waals surface area (Å²) in [5.74, 6) is 1.01. The lowest BCUT2D eigenvalue weighted by atomic mass is 10.1. The summed E-state index contributed by atoms with van der Waals surface area (Å²) >= 11 is 0. The first kappa shape index (κ1) is 15.6. The molecule has 0 aliphatic heterocycles. The van der Waals surface area contributed by atoms with E-state index in [1.807, 2.05) is 6.20 Å². The Bertz CT molecular complexity index is 500. The fraction of sp³-hybridized carbons (Fsp3) is 0.471. The molecule has 0 spiro atoms. The lowest BCUT2D eigenvalue weighted by Gasteiger charge is -2.21. The van der Waals surface area contributed by atoms with Crippen LogP contribution < -0.4 is 10.2 Å². The van der Waals surface area contributed by atoms with Gasteiger partial charge in [-0.05, 0) is 38.0 Å². The third-order valence-electron chi connectivity index (χ3n) is 3.88. The smallest absolute Gasteiger partial charge is 0.123 e. The van der Waals surface area contributed by atoms with Crippen molar-refractivity contribution in [2.24, 2.45) is 0 Å². The van der Waals surface area contributed by atoms with E-state index in [0.717, 1.165) is 31.9 Å². The van der Waals surface area contributed by atoms with Crippen LogP contribution in [0.1, 0.15) is 44.6 Å². The van der Waals surface area contributed by atoms with E-state index in [9.17, 15) is 0 Å². The number of nitrogens with zero attached hydrogens (tertiary/aromatic N) is 2. The van der Waals surface area contributed by atoms with Crippen LogP contribution in [0.15, 0.2) is 36.7 Å². The van der Waals surface area contributed by atoms with Gasteiger partial charge in [0.05, 0.1) is 6.04 Å². The highest BCUT2D eigenvalue weighted by Gasteiger charge is 2.10. The molecular formula is C17H26N4. The van der Waals surface area contributed by atoms with E-state index in [2.05, 4.69) is 65.2 Å². The number of imidazole rings is 1. The van der Waals surface area contributed by atoms with Crippen molar-refractivity contribution < 1.29 is 0 Å². The molecular weight excluding hydrogens is 260 g/mol. The normalized spacial score (nSPS) is 12.3. The van der Waals surface area contributed by atoms with Crippen molar-refractivity contribution in [3.8, 4) is 0 Å². The number of hydrogen-bond acceptors (Lipinski definition) is 3. The van der Waals surface area contributed by atoms with E-state index in [-0.39, 0.29) is 6.04 Å². The average molecular weight is 286 g/mol. The quantitative estimate of drug-likeness (QED) is 0.780. The number of hydrogen-bond donors (Lipinski definition) is 2. The van der Waals surface area contributed by atoms with Crippen LogP contribution in [0.4, 0.5) is 5.69 Å². The van der Waals surface area contributed by atoms with Gasteiger partial charge in [0.1, 0.15) is 5.82 Å². The second-order valence-corrected chi connectivity index (χ2v) is 5.15. The summed E-state index contributed by atoms with van der Waals surface area (Å²) in [4.78, 5) is 9.87. The summed E-state index contributed by atoms with van der Waals surface area (Å²) in [6, 6.07) is 9.10. The highest BCUT2D eigenvalue weighted by Crippen LogP contribution is 2.16. The molecule has 0 bridgehead atoms. The number of nitrogens with one attached hydrogen (secondary N) is 2. The molecule has 1 aromatic carbocycles. The van der Waals surface area contributed by atoms with Crippen LogP contribution in [0.3, 0.4) is 0 Å². The van der Waals surface area contributed by atoms with Gasteiger partial charge in [0.25, 0.3) is 0 Å². The SMILES string of the molecule is CCC(NCc1ccc(N(CC)CC)cc1)c1ncc[nH]1. The van der Waals surface area contributed by atoms with Gasteiger partial charge in [-0.15, -0.1) is 0 Å². The predicted molar refractivity (Wildman–Crippen MR) is 88.5 cm³/mol. The zero-order chi connectivity index (χ0) is 15.1. The van der Waals surface area contributed by atoms with Crippen molar-refractivity contribution in [2.45, 2.75) is 39.8 Å². The number of anilines is 1. The Morgan fingerprint density at radius 2 is 1.86 bits per heavy atom. The average Bonchev–Trinajstić information content (AvgIpc) is 3.05. The van der Waals surface area contributed by atoms with Gasteiger partial charge >= 0.3 is 0 Å². The van der Waals surface area contributed by atoms with Crippen molar-refractivity contribution in [1.82, 2.24) is 15.3 Å². The lowest BCUT2D eigenvalue weighted by Crippen LogP contribution is -2.22. The molecule has 4 heteroatoms. The zero-order valence-electron chi connectivity index (χ0n) is 13.3. The topological polar surface area (TPSA) is 44.0 Å². The Balaban J connectivity index is 1.94. The van der Waals surface area contributed by atoms with Crippen molar-refractivity contribution in [1.29, 1.82) is 0 Å². The minimum atomic E-state index is 0.280. The Morgan fingerprint density at radius 3 is 2.38 bits per heavy atom. The Morgan fingerprint density at radius 1 is 1.14 bits per heavy atom. The molecule has 0 radical (unpaired) electrons. The lowest BCUT2D eigenvalue weighted by molar-refractivity contribution is 0.498. The molecule has 1 unspecified atom stereocenters. The summed E-state index contributed by atoms with van der Waals surface area (Å²) in [5, 5.41) is 3.56. The highest BCUT2D eigenvalue weighted by molar-refractivity contribution is 5.47. The standard InChI is InChI=1S/C17H26N4/c1-4-16(17-18-11-12-19-17)20-13-14-7-9-15(10-8-14)21(5-2)6-3/h7-12,16,20H,4-6,13H2,1-3H3,(H,18,19). The first-order valence-corrected chi connectivity index (χ1v) is 7.85. The van der Waals surface area contributed by atoms with Crippen molar-refractivity contribution >= 4 is 5.69 Å². The molecule has 4 nitrogen and oxygen atoms in total. The molecule has 2 N–H and O–H groups in total. The van der Waals surface area contributed by atoms with Gasteiger partial charge in [-0.25, -0.2) is 4.98 Å². The second-order valence-electron chi connectivity index (χ2n) is 5.15. The zero-order valence-corrected chi connectivity index (χ0v) is 13.3. The van der Waals surface area contributed by atoms with Crippen LogP contribution in [0.25, 0.3) is 0 Å². The van der Waals surface area contributed by atoms with Crippen LogP contribution in [-0.2, 0) is 6.54 Å². The van der Waals surface area contributed by atoms with E-state index < -0.39 is 0 Å². The van der Waals surface area contributed by atoms with Gasteiger partial charge in [0, 0.05) is 37.7 Å². The fourth-order valence-electron chi connectivity index (χ4n) is 2.56. The molecule has 114 valence electrons. The van der Waals surface area contributed by atoms with Gasteiger partial charge in [-0.2, -0.15) is 0 Å². The van der Waals surface area contributed by atoms with Crippen LogP contribution in [-0.4, -0.2) is 23.1 Å². The number of aromatic amines is 1. The van der Waals surface area contributed by atoms with Crippen LogP contribution in [0.2, 0.25) is 0 Å². The number of aromatic nitrogens is 2. The summed E-state index contributed by atoms with van der Waals surface area (Å²) in [5.41, 5.74) is 2.60. The maximum atomic E-state index is 4.33. The molecule has 2 aromatic rings. The predicted octanol–water partition coefficient (Wildman–Crippen LogP) is 3.50. The molecule has 0 saturated carbocycles. The van der Waals surface area contributed by atoms with Crippen LogP contribution >= 0.6 is 0 Å². The Labute approximate surface area is 127 Å². The van der Waals surface area contributed by atoms with Gasteiger partial charge in [-0.3, -0.25) is 0 Å². The van der Waals surface area contributed by atoms with Crippen LogP contribution in [0, 0.1) is 0 Å². The van der Waals surface area contributed by atoms with Crippen molar-refractivity contribution in [3.63, 3.8) is 0 Å². The van der Waals surface area contributed by atoms with E-state index >= 15 is 0 Å². The summed E-state index contributed by atoms with van der Waals surface area (Å²) in [7, 11) is 0. The van der Waals surface area contributed by atoms with Gasteiger partial charge in [0.15, 0.2) is 0 Å². The van der Waals surface area contributed by atoms with Crippen LogP contribution in [0.5, 0.6) is 0 Å². The minimum absolute atomic E-state index is 0.280. The highest BCUT2D eigenvalue weighted by atomic mass is 15.1. The molecule has 1 aromatic heterocycles. The molecule has 1 atom stereocenters. The molecule has 0 aliphatic rings. The van der Waals surface area contributed by atoms with E-state index in [1.165, 1.54) is 11.3 Å². The van der Waals surface area contributed by atoms with Gasteiger partial charge in [-0.1, -0.05) is 19.1 Å². The monoisotopic (exact) mass is 286 g/mol. The third kappa shape index (κ3) is 4.08. The first-order valence-electron chi connectivity index (χ1n) is 7.85. The molecule has 2 rings (SSSR count). The van der Waals surface area contributed by atoms with E-state index in [0.29, 0.717) is 0 Å². The van der Waals surface area contributed by atoms with Crippen molar-refractivity contribution in [2.75, 3.05) is 18.0 Å². The van der Waals surface area contributed by atoms with E-state index in [4.69, 9.17) is 0 Å². The summed E-state index contributed by atoms with van der Waals surface area (Å²) in [6.07, 6.45) is 4.70. The molecule has 0 amide bonds. The number of rotatable bonds is 8. The first-order chi connectivity index (χ1) is 10.3. The third-order valence-corrected chi connectivity index (χ3v) is 3.88. The molecule has 21 heavy (non-hydrogen) atoms. The fourth-order valence-corrected chi connectivity index (χ4v) is 2.56. The maximum absolute atomic E-state index is 4.33. The summed E-state index contributed by atoms with van der Waals surface area (Å²) < 4.78 is 0. The number of H-pyrrole nitrogens is 1. The van der Waals surface area contributed by atoms with Gasteiger partial charge in [0.2, 0.25) is 0 Å². The van der Waals surface area contributed by atoms with E-state index in [1.54, 1.807) is 6.20 Å². The Kier molecular flexibility index (Phi) is 5.81. The molecule has 0 fully saturated rings. The van der Waals surface area contributed by atoms with Crippen molar-refractivity contribution in [3.05, 3.63) is 48.0 Å². The molecule has 0 saturated heterocycles.